The Bertz CT molecular complexity index is 697. The minimum atomic E-state index is -0.149. The molecule has 134 valence electrons. The Hall–Kier alpha value is -2.21. The van der Waals surface area contributed by atoms with Gasteiger partial charge < -0.3 is 9.88 Å². The molecular formula is C19H27N5O. The molecule has 0 aliphatic carbocycles. The molecule has 0 saturated carbocycles. The molecule has 2 aromatic rings. The molecule has 6 heteroatoms. The highest BCUT2D eigenvalue weighted by molar-refractivity contribution is 5.81. The number of hydrogen-bond acceptors (Lipinski definition) is 4. The van der Waals surface area contributed by atoms with Crippen molar-refractivity contribution < 1.29 is 4.79 Å². The topological polar surface area (TPSA) is 63.1 Å². The molecule has 1 N–H and O–H groups in total. The number of hydrogen-bond donors (Lipinski definition) is 1. The Morgan fingerprint density at radius 1 is 1.28 bits per heavy atom. The van der Waals surface area contributed by atoms with Crippen LogP contribution in [0.1, 0.15) is 43.4 Å². The van der Waals surface area contributed by atoms with Gasteiger partial charge in [0.05, 0.1) is 12.6 Å². The minimum absolute atomic E-state index is 0.0501. The first-order valence-corrected chi connectivity index (χ1v) is 9.12. The van der Waals surface area contributed by atoms with Crippen molar-refractivity contribution >= 4 is 5.91 Å². The van der Waals surface area contributed by atoms with E-state index in [9.17, 15) is 4.79 Å². The number of fused-ring (bicyclic) bond motifs is 1. The zero-order valence-electron chi connectivity index (χ0n) is 15.1. The first kappa shape index (κ1) is 17.6. The number of rotatable bonds is 7. The van der Waals surface area contributed by atoms with Gasteiger partial charge in [0.1, 0.15) is 5.82 Å². The molecule has 1 aliphatic rings. The van der Waals surface area contributed by atoms with Gasteiger partial charge in [-0.15, -0.1) is 10.2 Å². The lowest BCUT2D eigenvalue weighted by atomic mass is 10.1. The van der Waals surface area contributed by atoms with Crippen LogP contribution in [0.25, 0.3) is 0 Å². The second-order valence-corrected chi connectivity index (χ2v) is 6.68. The van der Waals surface area contributed by atoms with E-state index in [1.807, 2.05) is 32.2 Å². The molecule has 0 unspecified atom stereocenters. The van der Waals surface area contributed by atoms with Gasteiger partial charge in [-0.05, 0) is 31.9 Å². The Morgan fingerprint density at radius 3 is 2.84 bits per heavy atom. The van der Waals surface area contributed by atoms with Gasteiger partial charge in [-0.2, -0.15) is 0 Å². The lowest BCUT2D eigenvalue weighted by Gasteiger charge is -2.26. The first-order valence-electron chi connectivity index (χ1n) is 9.12. The normalized spacial score (nSPS) is 15.0. The maximum atomic E-state index is 12.7. The van der Waals surface area contributed by atoms with E-state index in [4.69, 9.17) is 0 Å². The van der Waals surface area contributed by atoms with Crippen LogP contribution in [0.15, 0.2) is 30.3 Å². The van der Waals surface area contributed by atoms with Gasteiger partial charge in [-0.25, -0.2) is 0 Å². The van der Waals surface area contributed by atoms with Gasteiger partial charge in [-0.1, -0.05) is 37.3 Å². The van der Waals surface area contributed by atoms with E-state index in [2.05, 4.69) is 37.1 Å². The third-order valence-corrected chi connectivity index (χ3v) is 4.85. The Balaban J connectivity index is 1.58. The van der Waals surface area contributed by atoms with E-state index in [0.717, 1.165) is 44.0 Å². The number of aromatic nitrogens is 3. The van der Waals surface area contributed by atoms with E-state index in [1.54, 1.807) is 0 Å². The van der Waals surface area contributed by atoms with Gasteiger partial charge in [-0.3, -0.25) is 9.69 Å². The summed E-state index contributed by atoms with van der Waals surface area (Å²) in [4.78, 5) is 14.8. The molecule has 1 aromatic heterocycles. The van der Waals surface area contributed by atoms with Crippen molar-refractivity contribution in [3.63, 3.8) is 0 Å². The highest BCUT2D eigenvalue weighted by Gasteiger charge is 2.22. The number of nitrogens with one attached hydrogen (secondary N) is 1. The monoisotopic (exact) mass is 341 g/mol. The third kappa shape index (κ3) is 4.25. The number of aryl methyl sites for hydroxylation is 1. The van der Waals surface area contributed by atoms with Crippen molar-refractivity contribution in [2.75, 3.05) is 7.05 Å². The van der Waals surface area contributed by atoms with Crippen LogP contribution in [0.3, 0.4) is 0 Å². The largest absolute Gasteiger partial charge is 0.347 e. The average molecular weight is 341 g/mol. The number of likely N-dealkylation sites (N-methyl/N-ethyl adjacent to an activating group) is 1. The van der Waals surface area contributed by atoms with Crippen LogP contribution in [0, 0.1) is 0 Å². The van der Waals surface area contributed by atoms with Crippen molar-refractivity contribution in [2.24, 2.45) is 0 Å². The maximum absolute atomic E-state index is 12.7. The van der Waals surface area contributed by atoms with E-state index in [0.29, 0.717) is 6.54 Å². The third-order valence-electron chi connectivity index (χ3n) is 4.85. The van der Waals surface area contributed by atoms with Crippen LogP contribution < -0.4 is 5.32 Å². The summed E-state index contributed by atoms with van der Waals surface area (Å²) in [7, 11) is 2.00. The van der Waals surface area contributed by atoms with E-state index < -0.39 is 0 Å². The first-order chi connectivity index (χ1) is 12.2. The van der Waals surface area contributed by atoms with Gasteiger partial charge in [0.15, 0.2) is 5.82 Å². The van der Waals surface area contributed by atoms with Gasteiger partial charge in [0, 0.05) is 19.5 Å². The molecule has 0 spiro atoms. The summed E-state index contributed by atoms with van der Waals surface area (Å²) in [5, 5.41) is 11.5. The second-order valence-electron chi connectivity index (χ2n) is 6.68. The summed E-state index contributed by atoms with van der Waals surface area (Å²) >= 11 is 0. The SMILES string of the molecule is CC[C@H](C(=O)NCc1nnc2n1CCCC2)N(C)Cc1ccccc1. The Labute approximate surface area is 149 Å². The van der Waals surface area contributed by atoms with E-state index in [1.165, 1.54) is 12.0 Å². The van der Waals surface area contributed by atoms with E-state index >= 15 is 0 Å². The van der Waals surface area contributed by atoms with Crippen molar-refractivity contribution in [1.29, 1.82) is 0 Å². The summed E-state index contributed by atoms with van der Waals surface area (Å²) in [5.41, 5.74) is 1.21. The molecule has 0 bridgehead atoms. The lowest BCUT2D eigenvalue weighted by Crippen LogP contribution is -2.44. The van der Waals surface area contributed by atoms with Crippen LogP contribution in [0.5, 0.6) is 0 Å². The highest BCUT2D eigenvalue weighted by Crippen LogP contribution is 2.14. The second kappa shape index (κ2) is 8.25. The van der Waals surface area contributed by atoms with Crippen molar-refractivity contribution in [3.05, 3.63) is 47.5 Å². The molecule has 0 radical (unpaired) electrons. The van der Waals surface area contributed by atoms with Crippen molar-refractivity contribution in [3.8, 4) is 0 Å². The molecule has 1 aliphatic heterocycles. The number of carbonyl (C=O) groups is 1. The minimum Gasteiger partial charge on any atom is -0.347 e. The van der Waals surface area contributed by atoms with Gasteiger partial charge in [0.25, 0.3) is 0 Å². The van der Waals surface area contributed by atoms with Crippen LogP contribution >= 0.6 is 0 Å². The summed E-state index contributed by atoms with van der Waals surface area (Å²) < 4.78 is 2.15. The van der Waals surface area contributed by atoms with Crippen LogP contribution in [0.2, 0.25) is 0 Å². The van der Waals surface area contributed by atoms with Crippen molar-refractivity contribution in [2.45, 2.75) is 58.3 Å². The zero-order valence-corrected chi connectivity index (χ0v) is 15.1. The number of amides is 1. The molecule has 1 atom stereocenters. The fourth-order valence-corrected chi connectivity index (χ4v) is 3.46. The molecule has 0 saturated heterocycles. The summed E-state index contributed by atoms with van der Waals surface area (Å²) in [6, 6.07) is 10.1. The molecular weight excluding hydrogens is 314 g/mol. The van der Waals surface area contributed by atoms with Crippen LogP contribution in [-0.4, -0.2) is 38.7 Å². The molecule has 1 amide bonds. The summed E-state index contributed by atoms with van der Waals surface area (Å²) in [6.07, 6.45) is 4.08. The molecule has 1 aromatic carbocycles. The Kier molecular flexibility index (Phi) is 5.81. The van der Waals surface area contributed by atoms with Crippen molar-refractivity contribution in [1.82, 2.24) is 25.0 Å². The van der Waals surface area contributed by atoms with E-state index in [-0.39, 0.29) is 11.9 Å². The summed E-state index contributed by atoms with van der Waals surface area (Å²) in [6.45, 7) is 4.21. The number of benzene rings is 1. The maximum Gasteiger partial charge on any atom is 0.237 e. The fraction of sp³-hybridized carbons (Fsp3) is 0.526. The smallest absolute Gasteiger partial charge is 0.237 e. The molecule has 25 heavy (non-hydrogen) atoms. The fourth-order valence-electron chi connectivity index (χ4n) is 3.46. The summed E-state index contributed by atoms with van der Waals surface area (Å²) in [5.74, 6) is 1.96. The molecule has 3 rings (SSSR count). The number of nitrogens with zero attached hydrogens (tertiary/aromatic N) is 4. The Morgan fingerprint density at radius 2 is 2.08 bits per heavy atom. The van der Waals surface area contributed by atoms with Gasteiger partial charge in [0.2, 0.25) is 5.91 Å². The lowest BCUT2D eigenvalue weighted by molar-refractivity contribution is -0.126. The zero-order chi connectivity index (χ0) is 17.6. The quantitative estimate of drug-likeness (QED) is 0.838. The predicted octanol–water partition coefficient (Wildman–Crippen LogP) is 2.14. The number of carbonyl (C=O) groups excluding carboxylic acids is 1. The average Bonchev–Trinajstić information content (AvgIpc) is 3.04. The van der Waals surface area contributed by atoms with Crippen LogP contribution in [0.4, 0.5) is 0 Å². The van der Waals surface area contributed by atoms with Crippen LogP contribution in [-0.2, 0) is 30.8 Å². The molecule has 2 heterocycles. The molecule has 0 fully saturated rings. The van der Waals surface area contributed by atoms with Gasteiger partial charge >= 0.3 is 0 Å². The highest BCUT2D eigenvalue weighted by atomic mass is 16.2. The predicted molar refractivity (Wildman–Crippen MR) is 96.8 cm³/mol. The molecule has 6 nitrogen and oxygen atoms in total. The standard InChI is InChI=1S/C19H27N5O/c1-3-16(23(2)14-15-9-5-4-6-10-15)19(25)20-13-18-22-21-17-11-7-8-12-24(17)18/h4-6,9-10,16H,3,7-8,11-14H2,1-2H3,(H,20,25)/t16-/m1/s1.